The highest BCUT2D eigenvalue weighted by Crippen LogP contribution is 2.36. The van der Waals surface area contributed by atoms with Crippen LogP contribution in [0.1, 0.15) is 0 Å². The summed E-state index contributed by atoms with van der Waals surface area (Å²) in [7, 11) is 0. The molecular formula is C27H15Br2N3S. The van der Waals surface area contributed by atoms with Crippen LogP contribution in [0.2, 0.25) is 0 Å². The minimum Gasteiger partial charge on any atom is -0.208 e. The summed E-state index contributed by atoms with van der Waals surface area (Å²) in [6.07, 6.45) is 0. The van der Waals surface area contributed by atoms with Gasteiger partial charge in [0.2, 0.25) is 0 Å². The SMILES string of the molecule is Brc1cc(Br)cc(-c2nc(-c3ccccc3)nc(-c3ccc4sc5ccccc5c4c3)n2)c1. The van der Waals surface area contributed by atoms with Gasteiger partial charge in [-0.3, -0.25) is 0 Å². The van der Waals surface area contributed by atoms with E-state index in [1.165, 1.54) is 20.2 Å². The summed E-state index contributed by atoms with van der Waals surface area (Å²) < 4.78 is 4.46. The second-order valence-corrected chi connectivity index (χ2v) is 10.6. The van der Waals surface area contributed by atoms with Gasteiger partial charge in [-0.25, -0.2) is 15.0 Å². The quantitative estimate of drug-likeness (QED) is 0.213. The van der Waals surface area contributed by atoms with Crippen LogP contribution in [0, 0.1) is 0 Å². The molecule has 158 valence electrons. The number of hydrogen-bond donors (Lipinski definition) is 0. The van der Waals surface area contributed by atoms with Crippen LogP contribution in [0.3, 0.4) is 0 Å². The van der Waals surface area contributed by atoms with Crippen molar-refractivity contribution in [1.29, 1.82) is 0 Å². The van der Waals surface area contributed by atoms with Crippen LogP contribution < -0.4 is 0 Å². The molecule has 0 saturated heterocycles. The largest absolute Gasteiger partial charge is 0.208 e. The maximum atomic E-state index is 4.89. The predicted molar refractivity (Wildman–Crippen MR) is 144 cm³/mol. The molecule has 4 aromatic carbocycles. The Labute approximate surface area is 211 Å². The molecule has 0 amide bonds. The summed E-state index contributed by atoms with van der Waals surface area (Å²) >= 11 is 8.97. The number of rotatable bonds is 3. The Balaban J connectivity index is 1.58. The van der Waals surface area contributed by atoms with Crippen LogP contribution in [0.25, 0.3) is 54.3 Å². The lowest BCUT2D eigenvalue weighted by Crippen LogP contribution is -2.00. The average molecular weight is 573 g/mol. The zero-order valence-corrected chi connectivity index (χ0v) is 21.2. The minimum absolute atomic E-state index is 0.635. The number of nitrogens with zero attached hydrogens (tertiary/aromatic N) is 3. The molecule has 6 rings (SSSR count). The second kappa shape index (κ2) is 8.45. The average Bonchev–Trinajstić information content (AvgIpc) is 3.22. The zero-order valence-electron chi connectivity index (χ0n) is 17.2. The van der Waals surface area contributed by atoms with Crippen molar-refractivity contribution in [2.24, 2.45) is 0 Å². The van der Waals surface area contributed by atoms with E-state index in [4.69, 9.17) is 15.0 Å². The van der Waals surface area contributed by atoms with Crippen molar-refractivity contribution in [1.82, 2.24) is 15.0 Å². The molecule has 0 N–H and O–H groups in total. The number of aromatic nitrogens is 3. The van der Waals surface area contributed by atoms with Gasteiger partial charge in [-0.2, -0.15) is 0 Å². The first-order chi connectivity index (χ1) is 16.1. The van der Waals surface area contributed by atoms with Gasteiger partial charge in [-0.05, 0) is 42.5 Å². The zero-order chi connectivity index (χ0) is 22.4. The Bertz CT molecular complexity index is 1620. The highest BCUT2D eigenvalue weighted by molar-refractivity contribution is 9.11. The monoisotopic (exact) mass is 571 g/mol. The van der Waals surface area contributed by atoms with Gasteiger partial charge in [0.05, 0.1) is 0 Å². The second-order valence-electron chi connectivity index (χ2n) is 7.64. The Morgan fingerprint density at radius 2 is 1.09 bits per heavy atom. The molecular weight excluding hydrogens is 558 g/mol. The molecule has 0 unspecified atom stereocenters. The van der Waals surface area contributed by atoms with Gasteiger partial charge in [-0.1, -0.05) is 80.4 Å². The van der Waals surface area contributed by atoms with Crippen molar-refractivity contribution in [3.05, 3.63) is 99.9 Å². The summed E-state index contributed by atoms with van der Waals surface area (Å²) in [6.45, 7) is 0. The number of halogens is 2. The van der Waals surface area contributed by atoms with Crippen molar-refractivity contribution in [2.75, 3.05) is 0 Å². The molecule has 0 spiro atoms. The highest BCUT2D eigenvalue weighted by Gasteiger charge is 2.14. The van der Waals surface area contributed by atoms with Gasteiger partial charge in [-0.15, -0.1) is 11.3 Å². The molecule has 0 aliphatic rings. The minimum atomic E-state index is 0.635. The Morgan fingerprint density at radius 1 is 0.485 bits per heavy atom. The van der Waals surface area contributed by atoms with Crippen LogP contribution in [0.15, 0.2) is 99.9 Å². The number of benzene rings is 4. The van der Waals surface area contributed by atoms with E-state index in [-0.39, 0.29) is 0 Å². The first-order valence-electron chi connectivity index (χ1n) is 10.3. The normalized spacial score (nSPS) is 11.3. The van der Waals surface area contributed by atoms with Crippen LogP contribution in [-0.4, -0.2) is 15.0 Å². The topological polar surface area (TPSA) is 38.7 Å². The van der Waals surface area contributed by atoms with E-state index in [9.17, 15) is 0 Å². The first kappa shape index (κ1) is 20.7. The molecule has 0 aliphatic carbocycles. The van der Waals surface area contributed by atoms with Gasteiger partial charge < -0.3 is 0 Å². The van der Waals surface area contributed by atoms with Gasteiger partial charge in [0.1, 0.15) is 0 Å². The molecule has 0 radical (unpaired) electrons. The molecule has 0 saturated carbocycles. The maximum absolute atomic E-state index is 4.89. The van der Waals surface area contributed by atoms with Crippen LogP contribution in [-0.2, 0) is 0 Å². The van der Waals surface area contributed by atoms with E-state index in [2.05, 4.69) is 74.3 Å². The number of hydrogen-bond acceptors (Lipinski definition) is 4. The van der Waals surface area contributed by atoms with Crippen molar-refractivity contribution in [3.8, 4) is 34.2 Å². The standard InChI is InChI=1S/C27H15Br2N3S/c28-19-12-18(13-20(29)15-19)27-31-25(16-6-2-1-3-7-16)30-26(32-27)17-10-11-24-22(14-17)21-8-4-5-9-23(21)33-24/h1-15H. The fourth-order valence-corrected chi connectivity index (χ4v) is 6.28. The smallest absolute Gasteiger partial charge is 0.164 e. The van der Waals surface area contributed by atoms with E-state index >= 15 is 0 Å². The lowest BCUT2D eigenvalue weighted by molar-refractivity contribution is 1.07. The summed E-state index contributed by atoms with van der Waals surface area (Å²) in [5.41, 5.74) is 2.85. The van der Waals surface area contributed by atoms with Crippen LogP contribution >= 0.6 is 43.2 Å². The third-order valence-corrected chi connectivity index (χ3v) is 7.49. The van der Waals surface area contributed by atoms with Gasteiger partial charge >= 0.3 is 0 Å². The van der Waals surface area contributed by atoms with Crippen LogP contribution in [0.5, 0.6) is 0 Å². The molecule has 33 heavy (non-hydrogen) atoms. The summed E-state index contributed by atoms with van der Waals surface area (Å²) in [5.74, 6) is 1.95. The maximum Gasteiger partial charge on any atom is 0.164 e. The molecule has 0 fully saturated rings. The van der Waals surface area contributed by atoms with Crippen molar-refractivity contribution >= 4 is 63.4 Å². The summed E-state index contributed by atoms with van der Waals surface area (Å²) in [6, 6.07) is 31.0. The van der Waals surface area contributed by atoms with E-state index in [0.717, 1.165) is 25.6 Å². The van der Waals surface area contributed by atoms with E-state index in [1.54, 1.807) is 11.3 Å². The molecule has 3 nitrogen and oxygen atoms in total. The van der Waals surface area contributed by atoms with E-state index < -0.39 is 0 Å². The molecule has 2 heterocycles. The fraction of sp³-hybridized carbons (Fsp3) is 0. The molecule has 6 aromatic rings. The summed E-state index contributed by atoms with van der Waals surface area (Å²) in [5, 5.41) is 2.48. The summed E-state index contributed by atoms with van der Waals surface area (Å²) in [4.78, 5) is 14.6. The van der Waals surface area contributed by atoms with Crippen LogP contribution in [0.4, 0.5) is 0 Å². The predicted octanol–water partition coefficient (Wildman–Crippen LogP) is 8.77. The van der Waals surface area contributed by atoms with Crippen molar-refractivity contribution in [2.45, 2.75) is 0 Å². The third kappa shape index (κ3) is 3.99. The van der Waals surface area contributed by atoms with E-state index in [1.807, 2.05) is 48.5 Å². The number of thiophene rings is 1. The Hall–Kier alpha value is -2.93. The van der Waals surface area contributed by atoms with Crippen molar-refractivity contribution < 1.29 is 0 Å². The lowest BCUT2D eigenvalue weighted by Gasteiger charge is -2.09. The fourth-order valence-electron chi connectivity index (χ4n) is 3.90. The van der Waals surface area contributed by atoms with Gasteiger partial charge in [0.25, 0.3) is 0 Å². The highest BCUT2D eigenvalue weighted by atomic mass is 79.9. The number of fused-ring (bicyclic) bond motifs is 3. The molecule has 6 heteroatoms. The van der Waals surface area contributed by atoms with Crippen molar-refractivity contribution in [3.63, 3.8) is 0 Å². The lowest BCUT2D eigenvalue weighted by atomic mass is 10.1. The Morgan fingerprint density at radius 3 is 1.85 bits per heavy atom. The van der Waals surface area contributed by atoms with E-state index in [0.29, 0.717) is 17.5 Å². The molecule has 0 aliphatic heterocycles. The third-order valence-electron chi connectivity index (χ3n) is 5.42. The van der Waals surface area contributed by atoms with Gasteiger partial charge in [0.15, 0.2) is 17.5 Å². The first-order valence-corrected chi connectivity index (χ1v) is 12.7. The Kier molecular flexibility index (Phi) is 5.29. The molecule has 0 atom stereocenters. The molecule has 2 aromatic heterocycles. The van der Waals surface area contributed by atoms with Gasteiger partial charge in [0, 0.05) is 45.8 Å². The molecule has 0 bridgehead atoms.